The zero-order valence-electron chi connectivity index (χ0n) is 17.1. The summed E-state index contributed by atoms with van der Waals surface area (Å²) >= 11 is 1.51. The maximum absolute atomic E-state index is 12.8. The largest absolute Gasteiger partial charge is 0.490 e. The van der Waals surface area contributed by atoms with Crippen LogP contribution in [0.4, 0.5) is 19.0 Å². The van der Waals surface area contributed by atoms with Crippen molar-refractivity contribution in [1.29, 1.82) is 0 Å². The summed E-state index contributed by atoms with van der Waals surface area (Å²) in [5, 5.41) is 9.08. The van der Waals surface area contributed by atoms with Gasteiger partial charge in [0.15, 0.2) is 0 Å². The van der Waals surface area contributed by atoms with E-state index >= 15 is 0 Å². The second-order valence-corrected chi connectivity index (χ2v) is 8.60. The molecule has 2 aliphatic rings. The molecule has 0 aliphatic carbocycles. The first kappa shape index (κ1) is 23.9. The van der Waals surface area contributed by atoms with E-state index in [9.17, 15) is 18.0 Å². The molecule has 4 rings (SSSR count). The van der Waals surface area contributed by atoms with Crippen LogP contribution >= 0.6 is 11.3 Å². The molecule has 1 N–H and O–H groups in total. The highest BCUT2D eigenvalue weighted by atomic mass is 32.1. The molecule has 32 heavy (non-hydrogen) atoms. The summed E-state index contributed by atoms with van der Waals surface area (Å²) in [7, 11) is 0. The SMILES string of the molecule is O=C(O)C(F)(F)F.O=C(c1cccs1)N1CCCC2(COCCN(c3cnccn3)C2)C1. The lowest BCUT2D eigenvalue weighted by Gasteiger charge is -2.43. The minimum atomic E-state index is -5.08. The number of hydrogen-bond acceptors (Lipinski definition) is 7. The molecule has 2 aliphatic heterocycles. The third-order valence-electron chi connectivity index (χ3n) is 5.24. The van der Waals surface area contributed by atoms with Gasteiger partial charge in [0, 0.05) is 44.0 Å². The molecule has 2 saturated heterocycles. The van der Waals surface area contributed by atoms with Crippen LogP contribution in [-0.2, 0) is 9.53 Å². The number of carboxylic acids is 1. The normalized spacial score (nSPS) is 21.5. The van der Waals surface area contributed by atoms with E-state index in [0.29, 0.717) is 13.2 Å². The quantitative estimate of drug-likeness (QED) is 0.718. The number of hydrogen-bond donors (Lipinski definition) is 1. The first-order chi connectivity index (χ1) is 15.2. The number of nitrogens with zero attached hydrogens (tertiary/aromatic N) is 4. The number of thiophene rings is 1. The Morgan fingerprint density at radius 1 is 1.22 bits per heavy atom. The van der Waals surface area contributed by atoms with Gasteiger partial charge < -0.3 is 19.6 Å². The van der Waals surface area contributed by atoms with Crippen LogP contribution in [0.1, 0.15) is 22.5 Å². The highest BCUT2D eigenvalue weighted by molar-refractivity contribution is 7.12. The van der Waals surface area contributed by atoms with Crippen LogP contribution in [-0.4, -0.2) is 77.4 Å². The first-order valence-electron chi connectivity index (χ1n) is 9.92. The van der Waals surface area contributed by atoms with Crippen LogP contribution in [0, 0.1) is 5.41 Å². The molecule has 2 aromatic heterocycles. The Hall–Kier alpha value is -2.73. The number of carboxylic acid groups (broad SMARTS) is 1. The fourth-order valence-corrected chi connectivity index (χ4v) is 4.52. The number of halogens is 3. The first-order valence-corrected chi connectivity index (χ1v) is 10.8. The number of carbonyl (C=O) groups excluding carboxylic acids is 1. The van der Waals surface area contributed by atoms with Gasteiger partial charge in [-0.2, -0.15) is 13.2 Å². The van der Waals surface area contributed by atoms with Crippen molar-refractivity contribution in [2.75, 3.05) is 44.3 Å². The van der Waals surface area contributed by atoms with E-state index in [-0.39, 0.29) is 11.3 Å². The predicted octanol–water partition coefficient (Wildman–Crippen LogP) is 2.93. The van der Waals surface area contributed by atoms with E-state index in [0.717, 1.165) is 49.7 Å². The van der Waals surface area contributed by atoms with Crippen molar-refractivity contribution >= 4 is 29.0 Å². The third-order valence-corrected chi connectivity index (χ3v) is 6.09. The van der Waals surface area contributed by atoms with E-state index in [1.807, 2.05) is 22.4 Å². The standard InChI is InChI=1S/C18H22N4O2S.C2HF3O2/c23-17(15-3-1-10-25-15)22-7-2-4-18(13-22)12-21(8-9-24-14-18)16-11-19-5-6-20-16;3-2(4,5)1(6)7/h1,3,5-6,10-11H,2,4,7-9,12-14H2;(H,6,7). The zero-order valence-corrected chi connectivity index (χ0v) is 17.9. The molecule has 4 heterocycles. The van der Waals surface area contributed by atoms with Gasteiger partial charge in [0.1, 0.15) is 5.82 Å². The Morgan fingerprint density at radius 2 is 2.00 bits per heavy atom. The molecular formula is C20H23F3N4O4S. The van der Waals surface area contributed by atoms with Gasteiger partial charge >= 0.3 is 12.1 Å². The zero-order chi connectivity index (χ0) is 23.2. The summed E-state index contributed by atoms with van der Waals surface area (Å²) in [5.41, 5.74) is -0.0425. The molecule has 1 amide bonds. The van der Waals surface area contributed by atoms with Crippen molar-refractivity contribution in [2.24, 2.45) is 5.41 Å². The molecule has 1 unspecified atom stereocenters. The topological polar surface area (TPSA) is 95.9 Å². The molecule has 2 aromatic rings. The Morgan fingerprint density at radius 3 is 2.62 bits per heavy atom. The molecule has 0 bridgehead atoms. The predicted molar refractivity (Wildman–Crippen MR) is 111 cm³/mol. The lowest BCUT2D eigenvalue weighted by molar-refractivity contribution is -0.192. The van der Waals surface area contributed by atoms with E-state index in [1.54, 1.807) is 18.6 Å². The van der Waals surface area contributed by atoms with Crippen LogP contribution in [0.5, 0.6) is 0 Å². The molecular weight excluding hydrogens is 449 g/mol. The number of anilines is 1. The highest BCUT2D eigenvalue weighted by Gasteiger charge is 2.41. The Kier molecular flexibility index (Phi) is 7.67. The van der Waals surface area contributed by atoms with Crippen molar-refractivity contribution in [1.82, 2.24) is 14.9 Å². The van der Waals surface area contributed by atoms with Gasteiger partial charge in [0.2, 0.25) is 0 Å². The molecule has 1 spiro atoms. The number of aromatic nitrogens is 2. The van der Waals surface area contributed by atoms with Gasteiger partial charge in [-0.25, -0.2) is 9.78 Å². The minimum Gasteiger partial charge on any atom is -0.475 e. The van der Waals surface area contributed by atoms with Gasteiger partial charge in [-0.05, 0) is 24.3 Å². The summed E-state index contributed by atoms with van der Waals surface area (Å²) in [6.07, 6.45) is 2.21. The average Bonchev–Trinajstić information content (AvgIpc) is 3.23. The molecule has 2 fully saturated rings. The van der Waals surface area contributed by atoms with E-state index in [4.69, 9.17) is 14.6 Å². The fraction of sp³-hybridized carbons (Fsp3) is 0.500. The highest BCUT2D eigenvalue weighted by Crippen LogP contribution is 2.35. The van der Waals surface area contributed by atoms with Crippen molar-refractivity contribution in [2.45, 2.75) is 19.0 Å². The second-order valence-electron chi connectivity index (χ2n) is 7.65. The maximum Gasteiger partial charge on any atom is 0.490 e. The summed E-state index contributed by atoms with van der Waals surface area (Å²) in [4.78, 5) is 35.4. The summed E-state index contributed by atoms with van der Waals surface area (Å²) in [6, 6.07) is 3.84. The second kappa shape index (κ2) is 10.3. The van der Waals surface area contributed by atoms with Crippen LogP contribution in [0.25, 0.3) is 0 Å². The van der Waals surface area contributed by atoms with Crippen molar-refractivity contribution < 1.29 is 32.6 Å². The van der Waals surface area contributed by atoms with E-state index < -0.39 is 12.1 Å². The van der Waals surface area contributed by atoms with Gasteiger partial charge in [0.25, 0.3) is 5.91 Å². The number of carbonyl (C=O) groups is 2. The van der Waals surface area contributed by atoms with E-state index in [2.05, 4.69) is 14.9 Å². The molecule has 0 saturated carbocycles. The van der Waals surface area contributed by atoms with Crippen molar-refractivity contribution in [3.8, 4) is 0 Å². The number of likely N-dealkylation sites (tertiary alicyclic amines) is 1. The minimum absolute atomic E-state index is 0.0425. The fourth-order valence-electron chi connectivity index (χ4n) is 3.83. The van der Waals surface area contributed by atoms with Gasteiger partial charge in [-0.1, -0.05) is 6.07 Å². The monoisotopic (exact) mass is 472 g/mol. The smallest absolute Gasteiger partial charge is 0.475 e. The van der Waals surface area contributed by atoms with Crippen LogP contribution in [0.15, 0.2) is 36.1 Å². The average molecular weight is 472 g/mol. The van der Waals surface area contributed by atoms with Crippen LogP contribution < -0.4 is 4.90 Å². The van der Waals surface area contributed by atoms with Crippen molar-refractivity contribution in [3.05, 3.63) is 41.0 Å². The van der Waals surface area contributed by atoms with Gasteiger partial charge in [-0.15, -0.1) is 11.3 Å². The van der Waals surface area contributed by atoms with Gasteiger partial charge in [0.05, 0.1) is 24.3 Å². The lowest BCUT2D eigenvalue weighted by Crippen LogP contribution is -2.52. The van der Waals surface area contributed by atoms with Gasteiger partial charge in [-0.3, -0.25) is 9.78 Å². The Balaban J connectivity index is 0.000000360. The molecule has 1 atom stereocenters. The number of alkyl halides is 3. The molecule has 0 aromatic carbocycles. The third kappa shape index (κ3) is 6.16. The summed E-state index contributed by atoms with van der Waals surface area (Å²) in [6.45, 7) is 4.58. The maximum atomic E-state index is 12.8. The number of ether oxygens (including phenoxy) is 1. The van der Waals surface area contributed by atoms with Crippen LogP contribution in [0.2, 0.25) is 0 Å². The summed E-state index contributed by atoms with van der Waals surface area (Å²) < 4.78 is 37.7. The van der Waals surface area contributed by atoms with Crippen LogP contribution in [0.3, 0.4) is 0 Å². The number of piperidine rings is 1. The molecule has 8 nitrogen and oxygen atoms in total. The number of aliphatic carboxylic acids is 1. The summed E-state index contributed by atoms with van der Waals surface area (Å²) in [5.74, 6) is -1.73. The number of rotatable bonds is 2. The van der Waals surface area contributed by atoms with Crippen molar-refractivity contribution in [3.63, 3.8) is 0 Å². The number of amides is 1. The Bertz CT molecular complexity index is 898. The van der Waals surface area contributed by atoms with E-state index in [1.165, 1.54) is 11.3 Å². The molecule has 12 heteroatoms. The lowest BCUT2D eigenvalue weighted by atomic mass is 9.80. The Labute approximate surface area is 186 Å². The molecule has 174 valence electrons. The molecule has 0 radical (unpaired) electrons.